The van der Waals surface area contributed by atoms with E-state index in [9.17, 15) is 4.79 Å². The smallest absolute Gasteiger partial charge is 0.220 e. The van der Waals surface area contributed by atoms with Crippen molar-refractivity contribution in [3.8, 4) is 5.75 Å². The second-order valence-electron chi connectivity index (χ2n) is 6.85. The van der Waals surface area contributed by atoms with Crippen LogP contribution < -0.4 is 15.8 Å². The Morgan fingerprint density at radius 3 is 2.48 bits per heavy atom. The Kier molecular flexibility index (Phi) is 8.22. The van der Waals surface area contributed by atoms with Crippen LogP contribution in [0.15, 0.2) is 24.3 Å². The van der Waals surface area contributed by atoms with E-state index < -0.39 is 0 Å². The summed E-state index contributed by atoms with van der Waals surface area (Å²) in [6.45, 7) is 2.88. The summed E-state index contributed by atoms with van der Waals surface area (Å²) in [5.74, 6) is 1.000. The van der Waals surface area contributed by atoms with Gasteiger partial charge in [-0.15, -0.1) is 0 Å². The molecule has 1 amide bonds. The number of rotatable bonds is 10. The highest BCUT2D eigenvalue weighted by molar-refractivity contribution is 5.76. The first-order valence-electron chi connectivity index (χ1n) is 9.39. The Balaban J connectivity index is 1.90. The molecule has 1 aromatic carbocycles. The number of hydrogen-bond donors (Lipinski definition) is 2. The van der Waals surface area contributed by atoms with Gasteiger partial charge in [0.2, 0.25) is 5.91 Å². The van der Waals surface area contributed by atoms with Crippen molar-refractivity contribution in [2.45, 2.75) is 50.4 Å². The first kappa shape index (κ1) is 19.7. The van der Waals surface area contributed by atoms with Crippen LogP contribution in [0.3, 0.4) is 0 Å². The summed E-state index contributed by atoms with van der Waals surface area (Å²) >= 11 is 0. The van der Waals surface area contributed by atoms with Crippen LogP contribution in [0.1, 0.15) is 50.5 Å². The van der Waals surface area contributed by atoms with Crippen LogP contribution >= 0.6 is 0 Å². The van der Waals surface area contributed by atoms with Crippen LogP contribution in [-0.2, 0) is 14.9 Å². The van der Waals surface area contributed by atoms with Crippen molar-refractivity contribution in [3.05, 3.63) is 29.8 Å². The van der Waals surface area contributed by atoms with E-state index in [2.05, 4.69) is 17.4 Å². The van der Waals surface area contributed by atoms with Crippen LogP contribution in [0, 0.1) is 0 Å². The fourth-order valence-electron chi connectivity index (χ4n) is 3.41. The molecule has 1 aliphatic heterocycles. The van der Waals surface area contributed by atoms with E-state index >= 15 is 0 Å². The van der Waals surface area contributed by atoms with Gasteiger partial charge in [0, 0.05) is 31.6 Å². The number of amides is 1. The topological polar surface area (TPSA) is 73.6 Å². The number of methoxy groups -OCH3 is 1. The summed E-state index contributed by atoms with van der Waals surface area (Å²) in [7, 11) is 1.67. The van der Waals surface area contributed by atoms with Gasteiger partial charge in [-0.1, -0.05) is 25.0 Å². The Morgan fingerprint density at radius 2 is 1.84 bits per heavy atom. The van der Waals surface area contributed by atoms with E-state index in [1.165, 1.54) is 5.56 Å². The monoisotopic (exact) mass is 348 g/mol. The van der Waals surface area contributed by atoms with Gasteiger partial charge in [-0.3, -0.25) is 4.79 Å². The summed E-state index contributed by atoms with van der Waals surface area (Å²) in [4.78, 5) is 12.2. The van der Waals surface area contributed by atoms with Crippen molar-refractivity contribution in [2.24, 2.45) is 5.73 Å². The minimum Gasteiger partial charge on any atom is -0.497 e. The zero-order valence-electron chi connectivity index (χ0n) is 15.4. The summed E-state index contributed by atoms with van der Waals surface area (Å²) < 4.78 is 10.8. The molecule has 0 aliphatic carbocycles. The van der Waals surface area contributed by atoms with Crippen molar-refractivity contribution >= 4 is 5.91 Å². The molecule has 2 rings (SSSR count). The van der Waals surface area contributed by atoms with Crippen LogP contribution in [-0.4, -0.2) is 39.3 Å². The number of hydrogen-bond acceptors (Lipinski definition) is 4. The van der Waals surface area contributed by atoms with Gasteiger partial charge in [-0.05, 0) is 49.9 Å². The van der Waals surface area contributed by atoms with Gasteiger partial charge in [-0.2, -0.15) is 0 Å². The number of ether oxygens (including phenoxy) is 2. The first-order chi connectivity index (χ1) is 12.2. The number of benzene rings is 1. The zero-order valence-corrected chi connectivity index (χ0v) is 15.4. The molecule has 0 aromatic heterocycles. The predicted molar refractivity (Wildman–Crippen MR) is 99.9 cm³/mol. The normalized spacial score (nSPS) is 16.4. The fourth-order valence-corrected chi connectivity index (χ4v) is 3.41. The molecule has 1 aromatic rings. The van der Waals surface area contributed by atoms with E-state index in [1.807, 2.05) is 12.1 Å². The van der Waals surface area contributed by atoms with Gasteiger partial charge in [0.25, 0.3) is 0 Å². The molecule has 0 saturated carbocycles. The quantitative estimate of drug-likeness (QED) is 0.638. The van der Waals surface area contributed by atoms with Crippen molar-refractivity contribution in [1.82, 2.24) is 5.32 Å². The second kappa shape index (κ2) is 10.4. The van der Waals surface area contributed by atoms with E-state index in [-0.39, 0.29) is 11.3 Å². The molecule has 0 bridgehead atoms. The van der Waals surface area contributed by atoms with Crippen LogP contribution in [0.5, 0.6) is 5.75 Å². The molecule has 1 heterocycles. The van der Waals surface area contributed by atoms with Crippen molar-refractivity contribution < 1.29 is 14.3 Å². The van der Waals surface area contributed by atoms with Gasteiger partial charge in [-0.25, -0.2) is 0 Å². The minimum atomic E-state index is -0.0419. The SMILES string of the molecule is COc1ccc(C2(CNC(=O)CCCCCCN)CCOCC2)cc1. The molecule has 0 unspecified atom stereocenters. The lowest BCUT2D eigenvalue weighted by Gasteiger charge is -2.38. The molecule has 1 aliphatic rings. The number of nitrogens with two attached hydrogens (primary N) is 1. The molecule has 140 valence electrons. The fraction of sp³-hybridized carbons (Fsp3) is 0.650. The molecule has 0 radical (unpaired) electrons. The predicted octanol–water partition coefficient (Wildman–Crippen LogP) is 2.77. The minimum absolute atomic E-state index is 0.0419. The number of nitrogens with one attached hydrogen (secondary N) is 1. The number of unbranched alkanes of at least 4 members (excludes halogenated alkanes) is 3. The average Bonchev–Trinajstić information content (AvgIpc) is 2.67. The molecule has 3 N–H and O–H groups in total. The molecule has 25 heavy (non-hydrogen) atoms. The largest absolute Gasteiger partial charge is 0.497 e. The van der Waals surface area contributed by atoms with Crippen molar-refractivity contribution in [1.29, 1.82) is 0 Å². The maximum absolute atomic E-state index is 12.2. The molecule has 0 atom stereocenters. The van der Waals surface area contributed by atoms with Crippen molar-refractivity contribution in [3.63, 3.8) is 0 Å². The van der Waals surface area contributed by atoms with E-state index in [4.69, 9.17) is 15.2 Å². The summed E-state index contributed by atoms with van der Waals surface area (Å²) in [6, 6.07) is 8.21. The lowest BCUT2D eigenvalue weighted by atomic mass is 9.74. The summed E-state index contributed by atoms with van der Waals surface area (Å²) in [5, 5.41) is 3.16. The van der Waals surface area contributed by atoms with Gasteiger partial charge in [0.05, 0.1) is 7.11 Å². The highest BCUT2D eigenvalue weighted by Gasteiger charge is 2.34. The van der Waals surface area contributed by atoms with Crippen LogP contribution in [0.25, 0.3) is 0 Å². The molecular weight excluding hydrogens is 316 g/mol. The Labute approximate surface area is 151 Å². The van der Waals surface area contributed by atoms with Gasteiger partial charge in [0.1, 0.15) is 5.75 Å². The standard InChI is InChI=1S/C20H32N2O3/c1-24-18-9-7-17(8-10-18)20(11-14-25-15-12-20)16-22-19(23)6-4-2-3-5-13-21/h7-10H,2-6,11-16,21H2,1H3,(H,22,23). The van der Waals surface area contributed by atoms with E-state index in [1.54, 1.807) is 7.11 Å². The Hall–Kier alpha value is -1.59. The lowest BCUT2D eigenvalue weighted by molar-refractivity contribution is -0.121. The van der Waals surface area contributed by atoms with Crippen LogP contribution in [0.4, 0.5) is 0 Å². The lowest BCUT2D eigenvalue weighted by Crippen LogP contribution is -2.44. The molecule has 0 spiro atoms. The van der Waals surface area contributed by atoms with E-state index in [0.717, 1.165) is 64.0 Å². The molecule has 1 saturated heterocycles. The summed E-state index contributed by atoms with van der Waals surface area (Å²) in [5.41, 5.74) is 6.70. The third-order valence-electron chi connectivity index (χ3n) is 5.13. The van der Waals surface area contributed by atoms with Gasteiger partial charge < -0.3 is 20.5 Å². The number of carbonyl (C=O) groups is 1. The van der Waals surface area contributed by atoms with Gasteiger partial charge in [0.15, 0.2) is 0 Å². The van der Waals surface area contributed by atoms with Crippen LogP contribution in [0.2, 0.25) is 0 Å². The second-order valence-corrected chi connectivity index (χ2v) is 6.85. The number of carbonyl (C=O) groups excluding carboxylic acids is 1. The Bertz CT molecular complexity index is 510. The first-order valence-corrected chi connectivity index (χ1v) is 9.39. The maximum Gasteiger partial charge on any atom is 0.220 e. The highest BCUT2D eigenvalue weighted by atomic mass is 16.5. The average molecular weight is 348 g/mol. The zero-order chi connectivity index (χ0) is 18.0. The highest BCUT2D eigenvalue weighted by Crippen LogP contribution is 2.35. The van der Waals surface area contributed by atoms with Crippen molar-refractivity contribution in [2.75, 3.05) is 33.4 Å². The molecule has 5 heteroatoms. The maximum atomic E-state index is 12.2. The third kappa shape index (κ3) is 6.01. The summed E-state index contributed by atoms with van der Waals surface area (Å²) in [6.07, 6.45) is 6.61. The van der Waals surface area contributed by atoms with E-state index in [0.29, 0.717) is 13.0 Å². The molecule has 1 fully saturated rings. The molecule has 5 nitrogen and oxygen atoms in total. The molecular formula is C20H32N2O3. The Morgan fingerprint density at radius 1 is 1.16 bits per heavy atom. The van der Waals surface area contributed by atoms with Gasteiger partial charge >= 0.3 is 0 Å². The third-order valence-corrected chi connectivity index (χ3v) is 5.13.